The summed E-state index contributed by atoms with van der Waals surface area (Å²) in [6.07, 6.45) is -17.4. The van der Waals surface area contributed by atoms with E-state index in [4.69, 9.17) is 25.7 Å². The molecule has 7 heterocycles. The van der Waals surface area contributed by atoms with Gasteiger partial charge in [0.05, 0.1) is 41.2 Å². The first-order valence-electron chi connectivity index (χ1n) is 38.0. The second-order valence-electron chi connectivity index (χ2n) is 26.7. The average molecular weight is 2460 g/mol. The van der Waals surface area contributed by atoms with Crippen LogP contribution in [0, 0.1) is 49.4 Å². The number of methoxy groups -OCH3 is 3. The fraction of sp³-hybridized carbons (Fsp3) is 0.683. The first-order chi connectivity index (χ1) is 67.6. The Morgan fingerprint density at radius 3 is 0.611 bits per heavy atom. The predicted octanol–water partition coefficient (Wildman–Crippen LogP) is -9.96. The second kappa shape index (κ2) is 55.7. The summed E-state index contributed by atoms with van der Waals surface area (Å²) in [6.45, 7) is -0.126. The van der Waals surface area contributed by atoms with Crippen LogP contribution >= 0.6 is 0 Å². The van der Waals surface area contributed by atoms with Gasteiger partial charge in [-0.25, -0.2) is 57.5 Å². The molecule has 0 radical (unpaired) electrons. The standard InChI is InChI=1S/C12H12O10S2.C11H10O10S2.C10H16O10S2.C9H8F6O10S2.C8H12O10S2.C7H12O8S2.C6H10O8S2/c1-4-6-19-11(13)9-10(12(14)20-7-5-2)22-24(17,18)8(3)23(15,16)21-9;1-3-5-18-10(12)8-9(11(13)19-6-4-2)21-23(16,17)7-22(14,15)20-8;1-4-17-9(11)7-8(10(12)18-5-2)20-22(15,16)6(3)21(13,14)19-7;10-8(11,12)1-22-6(16)4-5(7(17)23-2-9(13,14)15)25-27(20,21)3-26(18,19)24-4;1-4-19(11,12)17-5(7(9)15-2)6(8(10)16-3)18-20(4,13)14;1-3-13-7(8)6-4-14-16(9,10)5(2)17(11,12)15-6;1-4-15(8,9)13-3-5(6(7)12-2)14-16(4,10)11/h1-2,8-10H,6-7H2,3H3;1-2,8-9H,5-7H2;6-8H,4-5H2,1-3H3;4-5H,1-3H2;4-6H,1-3H3;5-6H,3-4H2,1-2H3;4-5H,3H2,1-2H3. The van der Waals surface area contributed by atoms with E-state index in [2.05, 4.69) is 115 Å². The van der Waals surface area contributed by atoms with Crippen LogP contribution < -0.4 is 0 Å². The third-order valence-corrected chi connectivity index (χ3v) is 42.6. The minimum absolute atomic E-state index is 0.0149. The van der Waals surface area contributed by atoms with Crippen LogP contribution in [-0.2, 0) is 315 Å². The zero-order chi connectivity index (χ0) is 116. The van der Waals surface area contributed by atoms with Gasteiger partial charge in [0.1, 0.15) is 13.2 Å². The van der Waals surface area contributed by atoms with Crippen LogP contribution in [0.25, 0.3) is 0 Å². The third-order valence-electron chi connectivity index (χ3n) is 16.0. The molecule has 66 nitrogen and oxygen atoms in total. The monoisotopic (exact) mass is 2450 g/mol. The maximum atomic E-state index is 12.1. The lowest BCUT2D eigenvalue weighted by molar-refractivity contribution is -0.200. The highest BCUT2D eigenvalue weighted by molar-refractivity contribution is 8.07. The maximum Gasteiger partial charge on any atom is 0.422 e. The molecule has 7 aliphatic heterocycles. The molecular weight excluding hydrogens is 2380 g/mol. The van der Waals surface area contributed by atoms with Gasteiger partial charge in [-0.3, -0.25) is 58.6 Å². The fourth-order valence-corrected chi connectivity index (χ4v) is 27.7. The van der Waals surface area contributed by atoms with E-state index in [1.54, 1.807) is 0 Å². The molecule has 7 aliphatic rings. The molecule has 0 bridgehead atoms. The summed E-state index contributed by atoms with van der Waals surface area (Å²) in [5, 5.41) is -3.58. The Labute approximate surface area is 842 Å². The van der Waals surface area contributed by atoms with Crippen LogP contribution in [0.3, 0.4) is 0 Å². The number of alkyl halides is 6. The van der Waals surface area contributed by atoms with Crippen molar-refractivity contribution in [1.82, 2.24) is 0 Å². The molecular formula is C63H80F6O66S14. The Balaban J connectivity index is 0.000000874. The molecule has 0 spiro atoms. The Hall–Kier alpha value is -9.80. The number of terminal acetylenes is 4. The quantitative estimate of drug-likeness (QED) is 0.0338. The molecule has 7 rings (SSSR count). The predicted molar refractivity (Wildman–Crippen MR) is 451 cm³/mol. The summed E-state index contributed by atoms with van der Waals surface area (Å²) in [4.78, 5) is 139. The summed E-state index contributed by atoms with van der Waals surface area (Å²) < 4.78 is 499. The number of halogens is 6. The molecule has 0 amide bonds. The van der Waals surface area contributed by atoms with Crippen molar-refractivity contribution in [1.29, 1.82) is 0 Å². The van der Waals surface area contributed by atoms with Gasteiger partial charge < -0.3 is 56.8 Å². The fourth-order valence-electron chi connectivity index (χ4n) is 8.84. The van der Waals surface area contributed by atoms with E-state index in [1.165, 1.54) is 20.8 Å². The number of carbonyl (C=O) groups excluding carboxylic acids is 12. The molecule has 0 N–H and O–H groups in total. The molecule has 0 aromatic rings. The Bertz CT molecular complexity index is 6530. The lowest BCUT2D eigenvalue weighted by Crippen LogP contribution is -2.46. The second-order valence-corrected chi connectivity index (χ2v) is 54.2. The van der Waals surface area contributed by atoms with Crippen LogP contribution in [-0.4, -0.2) is 402 Å². The molecule has 14 unspecified atom stereocenters. The topological polar surface area (TPSA) is 923 Å². The van der Waals surface area contributed by atoms with Crippen molar-refractivity contribution in [2.75, 3.05) is 104 Å². The van der Waals surface area contributed by atoms with Gasteiger partial charge in [0.2, 0.25) is 94.1 Å². The molecule has 7 fully saturated rings. The van der Waals surface area contributed by atoms with Crippen LogP contribution in [0.4, 0.5) is 26.3 Å². The maximum absolute atomic E-state index is 12.1. The van der Waals surface area contributed by atoms with E-state index >= 15 is 0 Å². The SMILES string of the molecule is C#CCOC(=O)C1OS(=O)(=O)C(C)S(=O)(=O)OC1C(=O)OCC#C.C#CCOC(=O)C1OS(=O)(=O)CS(=O)(=O)OC1C(=O)OCC#C.CCOC(=O)C1COS(=O)(=O)C(C)S(=O)(=O)O1.CCOC(=O)C1OS(=O)(=O)C(C)S(=O)(=O)OC1C(=O)OCC.COC(=O)C1COS(=O)(=O)C(C)S(=O)(=O)O1.COC(=O)C1OS(=O)(=O)C(C)S(=O)(=O)OC1C(=O)OC.O=C(OCC(F)(F)F)C1OS(=O)(=O)CS(=O)(=O)OC1C(=O)OCC(F)(F)F. The van der Waals surface area contributed by atoms with Crippen LogP contribution in [0.2, 0.25) is 0 Å². The molecule has 0 aliphatic carbocycles. The summed E-state index contributed by atoms with van der Waals surface area (Å²) >= 11 is 0. The molecule has 86 heteroatoms. The van der Waals surface area contributed by atoms with Crippen molar-refractivity contribution < 1.29 is 317 Å². The largest absolute Gasteiger partial charge is 0.467 e. The summed E-state index contributed by atoms with van der Waals surface area (Å²) in [7, 11) is -63.1. The number of rotatable bonds is 21. The van der Waals surface area contributed by atoms with Gasteiger partial charge in [-0.1, -0.05) is 23.7 Å². The van der Waals surface area contributed by atoms with Crippen molar-refractivity contribution in [3.8, 4) is 49.4 Å². The molecule has 0 saturated carbocycles. The van der Waals surface area contributed by atoms with Gasteiger partial charge in [-0.15, -0.1) is 25.7 Å². The zero-order valence-electron chi connectivity index (χ0n) is 76.2. The summed E-state index contributed by atoms with van der Waals surface area (Å²) in [6, 6.07) is 0. The molecule has 14 atom stereocenters. The van der Waals surface area contributed by atoms with Gasteiger partial charge in [-0.2, -0.15) is 144 Å². The van der Waals surface area contributed by atoms with Gasteiger partial charge in [-0.05, 0) is 55.4 Å². The highest BCUT2D eigenvalue weighted by Crippen LogP contribution is 2.33. The Kier molecular flexibility index (Phi) is 51.3. The molecule has 7 saturated heterocycles. The molecule has 149 heavy (non-hydrogen) atoms. The van der Waals surface area contributed by atoms with Gasteiger partial charge >= 0.3 is 84.0 Å². The van der Waals surface area contributed by atoms with E-state index in [0.29, 0.717) is 0 Å². The zero-order valence-corrected chi connectivity index (χ0v) is 87.7. The van der Waals surface area contributed by atoms with Crippen LogP contribution in [0.5, 0.6) is 0 Å². The number of hydrogen-bond acceptors (Lipinski definition) is 66. The number of hydrogen-bond donors (Lipinski definition) is 0. The van der Waals surface area contributed by atoms with Crippen LogP contribution in [0.15, 0.2) is 0 Å². The first-order valence-corrected chi connectivity index (χ1v) is 59.0. The van der Waals surface area contributed by atoms with E-state index in [-0.39, 0.29) is 19.8 Å². The van der Waals surface area contributed by atoms with Gasteiger partial charge in [0.15, 0.2) is 51.8 Å². The van der Waals surface area contributed by atoms with Crippen molar-refractivity contribution in [2.24, 2.45) is 0 Å². The first kappa shape index (κ1) is 137. The summed E-state index contributed by atoms with van der Waals surface area (Å²) in [5.41, 5.74) is 0. The number of esters is 12. The molecule has 854 valence electrons. The third kappa shape index (κ3) is 42.6. The van der Waals surface area contributed by atoms with E-state index in [9.17, 15) is 202 Å². The van der Waals surface area contributed by atoms with Crippen molar-refractivity contribution in [3.63, 3.8) is 0 Å². The normalized spacial score (nSPS) is 28.7. The Morgan fingerprint density at radius 1 is 0.248 bits per heavy atom. The minimum Gasteiger partial charge on any atom is -0.467 e. The van der Waals surface area contributed by atoms with Crippen molar-refractivity contribution in [2.45, 2.75) is 164 Å². The van der Waals surface area contributed by atoms with Crippen LogP contribution in [0.1, 0.15) is 55.4 Å². The van der Waals surface area contributed by atoms with E-state index < -0.39 is 385 Å². The number of carbonyl (C=O) groups is 12. The number of ether oxygens (including phenoxy) is 12. The smallest absolute Gasteiger partial charge is 0.422 e. The van der Waals surface area contributed by atoms with E-state index in [0.717, 1.165) is 55.9 Å². The highest BCUT2D eigenvalue weighted by Gasteiger charge is 2.58. The molecule has 0 aromatic heterocycles. The van der Waals surface area contributed by atoms with Gasteiger partial charge in [0.25, 0.3) is 142 Å². The Morgan fingerprint density at radius 2 is 0.416 bits per heavy atom. The van der Waals surface area contributed by atoms with Crippen molar-refractivity contribution in [3.05, 3.63) is 0 Å². The van der Waals surface area contributed by atoms with E-state index in [1.807, 2.05) is 23.7 Å². The van der Waals surface area contributed by atoms with Gasteiger partial charge in [0, 0.05) is 0 Å². The highest BCUT2D eigenvalue weighted by atomic mass is 32.3. The molecule has 0 aromatic carbocycles. The van der Waals surface area contributed by atoms with Crippen molar-refractivity contribution >= 4 is 213 Å². The lowest BCUT2D eigenvalue weighted by atomic mass is 10.2. The lowest BCUT2D eigenvalue weighted by Gasteiger charge is -2.20. The average Bonchev–Trinajstić information content (AvgIpc) is 1.63. The summed E-state index contributed by atoms with van der Waals surface area (Å²) in [5.74, 6) is -9.62. The minimum atomic E-state index is -5.21.